The van der Waals surface area contributed by atoms with Gasteiger partial charge in [-0.15, -0.1) is 0 Å². The van der Waals surface area contributed by atoms with E-state index in [0.717, 1.165) is 0 Å². The molecule has 3 N–H and O–H groups in total. The molecule has 0 unspecified atom stereocenters. The first-order valence-electron chi connectivity index (χ1n) is 10.7. The third kappa shape index (κ3) is 5.37. The number of nitrogens with one attached hydrogen (secondary N) is 2. The summed E-state index contributed by atoms with van der Waals surface area (Å²) in [5.41, 5.74) is 1.21. The lowest BCUT2D eigenvalue weighted by molar-refractivity contribution is 0.0916. The molecule has 2 aromatic heterocycles. The molecule has 178 valence electrons. The molecule has 0 fully saturated rings. The predicted molar refractivity (Wildman–Crippen MR) is 130 cm³/mol. The summed E-state index contributed by atoms with van der Waals surface area (Å²) in [7, 11) is 0. The number of anilines is 1. The number of carbonyl (C=O) groups is 2. The molecule has 0 saturated heterocycles. The Morgan fingerprint density at radius 3 is 2.57 bits per heavy atom. The molecule has 2 heterocycles. The zero-order valence-corrected chi connectivity index (χ0v) is 19.3. The Bertz CT molecular complexity index is 1380. The minimum absolute atomic E-state index is 0.0415. The summed E-state index contributed by atoms with van der Waals surface area (Å²) in [6.07, 6.45) is 1.45. The maximum atomic E-state index is 14.2. The minimum atomic E-state index is -0.582. The molecule has 2 amide bonds. The predicted octanol–water partition coefficient (Wildman–Crippen LogP) is 4.09. The zero-order valence-electron chi connectivity index (χ0n) is 18.6. The molecule has 0 bridgehead atoms. The number of hydrogen-bond donors (Lipinski definition) is 3. The Morgan fingerprint density at radius 1 is 1.09 bits per heavy atom. The number of carbonyl (C=O) groups excluding carboxylic acids is 2. The maximum absolute atomic E-state index is 14.2. The van der Waals surface area contributed by atoms with Crippen molar-refractivity contribution in [2.75, 3.05) is 11.9 Å². The number of amides is 2. The van der Waals surface area contributed by atoms with Gasteiger partial charge in [0.15, 0.2) is 5.69 Å². The number of halogens is 2. The number of para-hydroxylation sites is 1. The van der Waals surface area contributed by atoms with E-state index >= 15 is 0 Å². The van der Waals surface area contributed by atoms with Crippen molar-refractivity contribution in [3.63, 3.8) is 0 Å². The van der Waals surface area contributed by atoms with Crippen molar-refractivity contribution in [3.8, 4) is 16.9 Å². The summed E-state index contributed by atoms with van der Waals surface area (Å²) in [5.74, 6) is -1.41. The van der Waals surface area contributed by atoms with Gasteiger partial charge in [-0.3, -0.25) is 14.6 Å². The van der Waals surface area contributed by atoms with E-state index in [0.29, 0.717) is 11.3 Å². The molecule has 8 nitrogen and oxygen atoms in total. The molecule has 0 radical (unpaired) electrons. The Balaban J connectivity index is 1.69. The standard InChI is InChI=1S/C25H21ClFN5O3/c1-15(14-33)29-25(35)21-13-22(32(31-21)17-6-3-2-4-7-17)30-24(34)18-12-16(9-10-19(18)26)23-20(27)8-5-11-28-23/h2-13,15,33H,14H2,1H3,(H,29,35)(H,30,34)/t15-/m0/s1. The van der Waals surface area contributed by atoms with E-state index in [1.165, 1.54) is 41.2 Å². The number of hydrogen-bond acceptors (Lipinski definition) is 5. The van der Waals surface area contributed by atoms with Crippen molar-refractivity contribution in [2.45, 2.75) is 13.0 Å². The number of aliphatic hydroxyl groups excluding tert-OH is 1. The van der Waals surface area contributed by atoms with E-state index in [9.17, 15) is 19.1 Å². The molecule has 10 heteroatoms. The van der Waals surface area contributed by atoms with Crippen molar-refractivity contribution < 1.29 is 19.1 Å². The van der Waals surface area contributed by atoms with Gasteiger partial charge in [-0.25, -0.2) is 9.07 Å². The zero-order chi connectivity index (χ0) is 24.9. The van der Waals surface area contributed by atoms with Crippen LogP contribution in [0.4, 0.5) is 10.2 Å². The first-order chi connectivity index (χ1) is 16.9. The van der Waals surface area contributed by atoms with Crippen LogP contribution >= 0.6 is 11.6 Å². The third-order valence-corrected chi connectivity index (χ3v) is 5.41. The van der Waals surface area contributed by atoms with Crippen LogP contribution in [-0.4, -0.2) is 44.3 Å². The molecule has 0 aliphatic rings. The van der Waals surface area contributed by atoms with Crippen LogP contribution in [0.5, 0.6) is 0 Å². The van der Waals surface area contributed by atoms with Gasteiger partial charge in [0, 0.05) is 23.9 Å². The van der Waals surface area contributed by atoms with Crippen LogP contribution in [0.1, 0.15) is 27.8 Å². The van der Waals surface area contributed by atoms with Crippen molar-refractivity contribution in [2.24, 2.45) is 0 Å². The van der Waals surface area contributed by atoms with E-state index in [1.54, 1.807) is 37.3 Å². The molecular formula is C25H21ClFN5O3. The van der Waals surface area contributed by atoms with Crippen LogP contribution in [0.3, 0.4) is 0 Å². The smallest absolute Gasteiger partial charge is 0.272 e. The van der Waals surface area contributed by atoms with Crippen molar-refractivity contribution in [3.05, 3.63) is 95.0 Å². The Labute approximate surface area is 205 Å². The fourth-order valence-electron chi connectivity index (χ4n) is 3.32. The molecule has 0 saturated carbocycles. The second-order valence-corrected chi connectivity index (χ2v) is 8.11. The number of nitrogens with zero attached hydrogens (tertiary/aromatic N) is 3. The van der Waals surface area contributed by atoms with Crippen LogP contribution in [0, 0.1) is 5.82 Å². The number of rotatable bonds is 7. The van der Waals surface area contributed by atoms with Gasteiger partial charge in [0.2, 0.25) is 0 Å². The van der Waals surface area contributed by atoms with Crippen LogP contribution in [0.15, 0.2) is 72.9 Å². The molecule has 0 aliphatic carbocycles. The summed E-state index contributed by atoms with van der Waals surface area (Å²) in [6.45, 7) is 1.41. The van der Waals surface area contributed by atoms with Gasteiger partial charge in [-0.1, -0.05) is 35.9 Å². The van der Waals surface area contributed by atoms with Gasteiger partial charge in [0.05, 0.1) is 22.9 Å². The van der Waals surface area contributed by atoms with E-state index in [4.69, 9.17) is 11.6 Å². The molecule has 0 spiro atoms. The number of benzene rings is 2. The van der Waals surface area contributed by atoms with Gasteiger partial charge in [0.1, 0.15) is 17.3 Å². The minimum Gasteiger partial charge on any atom is -0.394 e. The average Bonchev–Trinajstić information content (AvgIpc) is 3.29. The first kappa shape index (κ1) is 24.1. The molecular weight excluding hydrogens is 473 g/mol. The fraction of sp³-hybridized carbons (Fsp3) is 0.120. The highest BCUT2D eigenvalue weighted by atomic mass is 35.5. The van der Waals surface area contributed by atoms with Crippen molar-refractivity contribution >= 4 is 29.2 Å². The Kier molecular flexibility index (Phi) is 7.19. The summed E-state index contributed by atoms with van der Waals surface area (Å²) in [5, 5.41) is 19.1. The van der Waals surface area contributed by atoms with E-state index in [2.05, 4.69) is 20.7 Å². The Morgan fingerprint density at radius 2 is 1.86 bits per heavy atom. The second-order valence-electron chi connectivity index (χ2n) is 7.70. The summed E-state index contributed by atoms with van der Waals surface area (Å²) < 4.78 is 15.6. The van der Waals surface area contributed by atoms with Crippen molar-refractivity contribution in [1.82, 2.24) is 20.1 Å². The lowest BCUT2D eigenvalue weighted by atomic mass is 10.1. The van der Waals surface area contributed by atoms with Gasteiger partial charge >= 0.3 is 0 Å². The van der Waals surface area contributed by atoms with E-state index in [-0.39, 0.29) is 34.4 Å². The highest BCUT2D eigenvalue weighted by Gasteiger charge is 2.20. The fourth-order valence-corrected chi connectivity index (χ4v) is 3.52. The monoisotopic (exact) mass is 493 g/mol. The third-order valence-electron chi connectivity index (χ3n) is 5.08. The van der Waals surface area contributed by atoms with Crippen LogP contribution < -0.4 is 10.6 Å². The number of aromatic nitrogens is 3. The summed E-state index contributed by atoms with van der Waals surface area (Å²) in [4.78, 5) is 29.8. The highest BCUT2D eigenvalue weighted by Crippen LogP contribution is 2.27. The second kappa shape index (κ2) is 10.5. The van der Waals surface area contributed by atoms with Crippen LogP contribution in [0.2, 0.25) is 5.02 Å². The first-order valence-corrected chi connectivity index (χ1v) is 11.0. The van der Waals surface area contributed by atoms with E-state index in [1.807, 2.05) is 6.07 Å². The SMILES string of the molecule is C[C@@H](CO)NC(=O)c1cc(NC(=O)c2cc(-c3ncccc3F)ccc2Cl)n(-c2ccccc2)n1. The molecule has 2 aromatic carbocycles. The van der Waals surface area contributed by atoms with Gasteiger partial charge in [-0.05, 0) is 43.3 Å². The van der Waals surface area contributed by atoms with Crippen LogP contribution in [-0.2, 0) is 0 Å². The maximum Gasteiger partial charge on any atom is 0.272 e. The van der Waals surface area contributed by atoms with E-state index < -0.39 is 23.7 Å². The molecule has 4 aromatic rings. The highest BCUT2D eigenvalue weighted by molar-refractivity contribution is 6.34. The lowest BCUT2D eigenvalue weighted by Crippen LogP contribution is -2.35. The summed E-state index contributed by atoms with van der Waals surface area (Å²) >= 11 is 6.29. The van der Waals surface area contributed by atoms with Gasteiger partial charge < -0.3 is 15.7 Å². The van der Waals surface area contributed by atoms with Crippen LogP contribution in [0.25, 0.3) is 16.9 Å². The molecule has 1 atom stereocenters. The van der Waals surface area contributed by atoms with Gasteiger partial charge in [0.25, 0.3) is 11.8 Å². The quantitative estimate of drug-likeness (QED) is 0.359. The summed E-state index contributed by atoms with van der Waals surface area (Å²) in [6, 6.07) is 17.1. The van der Waals surface area contributed by atoms with Gasteiger partial charge in [-0.2, -0.15) is 5.10 Å². The number of pyridine rings is 1. The topological polar surface area (TPSA) is 109 Å². The number of aliphatic hydroxyl groups is 1. The van der Waals surface area contributed by atoms with Crippen molar-refractivity contribution in [1.29, 1.82) is 0 Å². The molecule has 0 aliphatic heterocycles. The Hall–Kier alpha value is -4.08. The average molecular weight is 494 g/mol. The lowest BCUT2D eigenvalue weighted by Gasteiger charge is -2.11. The molecule has 4 rings (SSSR count). The molecule has 35 heavy (non-hydrogen) atoms. The normalized spacial score (nSPS) is 11.7. The largest absolute Gasteiger partial charge is 0.394 e.